The molecule has 0 saturated heterocycles. The highest BCUT2D eigenvalue weighted by molar-refractivity contribution is 6.00. The van der Waals surface area contributed by atoms with Crippen LogP contribution < -0.4 is 11.1 Å². The van der Waals surface area contributed by atoms with Gasteiger partial charge in [-0.1, -0.05) is 18.2 Å². The second-order valence-corrected chi connectivity index (χ2v) is 3.40. The van der Waals surface area contributed by atoms with Crippen LogP contribution in [0.25, 0.3) is 0 Å². The molecule has 0 atom stereocenters. The van der Waals surface area contributed by atoms with E-state index in [1.807, 2.05) is 6.92 Å². The highest BCUT2D eigenvalue weighted by Gasteiger charge is 2.15. The second-order valence-electron chi connectivity index (χ2n) is 3.40. The van der Waals surface area contributed by atoms with Gasteiger partial charge in [0.25, 0.3) is 5.91 Å². The Morgan fingerprint density at radius 2 is 2.12 bits per heavy atom. The second kappa shape index (κ2) is 5.84. The van der Waals surface area contributed by atoms with Gasteiger partial charge in [-0.3, -0.25) is 4.79 Å². The third-order valence-electron chi connectivity index (χ3n) is 2.19. The number of halogens is 1. The maximum Gasteiger partial charge on any atom is 0.260 e. The van der Waals surface area contributed by atoms with Crippen molar-refractivity contribution < 1.29 is 9.18 Å². The topological polar surface area (TPSA) is 55.1 Å². The Morgan fingerprint density at radius 1 is 1.41 bits per heavy atom. The van der Waals surface area contributed by atoms with Crippen molar-refractivity contribution in [2.24, 2.45) is 0 Å². The number of nitrogen functional groups attached to an aromatic ring is 1. The van der Waals surface area contributed by atoms with Crippen LogP contribution in [0.1, 0.15) is 24.2 Å². The molecule has 0 aromatic heterocycles. The van der Waals surface area contributed by atoms with Crippen LogP contribution in [0, 0.1) is 5.82 Å². The van der Waals surface area contributed by atoms with Gasteiger partial charge in [-0.05, 0) is 32.1 Å². The molecule has 0 aliphatic carbocycles. The molecule has 17 heavy (non-hydrogen) atoms. The number of rotatable bonds is 3. The van der Waals surface area contributed by atoms with Crippen LogP contribution in [-0.2, 0) is 0 Å². The number of hydrogen-bond acceptors (Lipinski definition) is 2. The Morgan fingerprint density at radius 3 is 2.65 bits per heavy atom. The van der Waals surface area contributed by atoms with E-state index in [1.165, 1.54) is 18.2 Å². The van der Waals surface area contributed by atoms with E-state index in [2.05, 4.69) is 5.32 Å². The summed E-state index contributed by atoms with van der Waals surface area (Å²) in [6.07, 6.45) is 5.21. The summed E-state index contributed by atoms with van der Waals surface area (Å²) in [6.45, 7) is 3.60. The number of carbonyl (C=O) groups excluding carboxylic acids is 1. The summed E-state index contributed by atoms with van der Waals surface area (Å²) in [6, 6.07) is 4.16. The van der Waals surface area contributed by atoms with E-state index in [-0.39, 0.29) is 11.3 Å². The van der Waals surface area contributed by atoms with Gasteiger partial charge in [0.15, 0.2) is 0 Å². The van der Waals surface area contributed by atoms with Crippen LogP contribution in [0.2, 0.25) is 0 Å². The fraction of sp³-hybridized carbons (Fsp3) is 0.154. The lowest BCUT2D eigenvalue weighted by Gasteiger charge is -2.08. The van der Waals surface area contributed by atoms with E-state index < -0.39 is 11.7 Å². The summed E-state index contributed by atoms with van der Waals surface area (Å²) in [5.74, 6) is -1.18. The van der Waals surface area contributed by atoms with Gasteiger partial charge in [0.2, 0.25) is 0 Å². The van der Waals surface area contributed by atoms with Gasteiger partial charge in [-0.15, -0.1) is 0 Å². The monoisotopic (exact) mass is 234 g/mol. The van der Waals surface area contributed by atoms with Crippen molar-refractivity contribution in [1.29, 1.82) is 0 Å². The number of anilines is 1. The Bertz CT molecular complexity index is 458. The third-order valence-corrected chi connectivity index (χ3v) is 2.19. The first-order chi connectivity index (χ1) is 8.10. The minimum absolute atomic E-state index is 0.124. The van der Waals surface area contributed by atoms with Gasteiger partial charge in [0.05, 0.1) is 5.56 Å². The normalized spacial score (nSPS) is 11.8. The smallest absolute Gasteiger partial charge is 0.260 e. The molecule has 0 radical (unpaired) electrons. The molecule has 0 fully saturated rings. The van der Waals surface area contributed by atoms with E-state index in [9.17, 15) is 9.18 Å². The number of hydrogen-bond donors (Lipinski definition) is 2. The highest BCUT2D eigenvalue weighted by Crippen LogP contribution is 2.15. The molecule has 0 spiro atoms. The van der Waals surface area contributed by atoms with Crippen LogP contribution in [0.5, 0.6) is 0 Å². The predicted octanol–water partition coefficient (Wildman–Crippen LogP) is 2.62. The standard InChI is InChI=1S/C13H15FN2O/c1-3-6-9(4-2)16-13(17)12-10(14)7-5-8-11(12)15/h3-8H,15H2,1-2H3,(H,16,17)/b6-3-,9-4+. The average Bonchev–Trinajstić information content (AvgIpc) is 2.28. The SMILES string of the molecule is C/C=C\C(=C/C)NC(=O)c1c(N)cccc1F. The van der Waals surface area contributed by atoms with E-state index in [0.717, 1.165) is 0 Å². The zero-order chi connectivity index (χ0) is 12.8. The van der Waals surface area contributed by atoms with Crippen molar-refractivity contribution in [3.63, 3.8) is 0 Å². The van der Waals surface area contributed by atoms with Crippen molar-refractivity contribution in [3.05, 3.63) is 53.5 Å². The molecule has 0 bridgehead atoms. The summed E-state index contributed by atoms with van der Waals surface area (Å²) >= 11 is 0. The molecule has 0 aliphatic heterocycles. The molecule has 0 saturated carbocycles. The lowest BCUT2D eigenvalue weighted by molar-refractivity contribution is 0.0964. The average molecular weight is 234 g/mol. The van der Waals surface area contributed by atoms with Crippen LogP contribution in [0.15, 0.2) is 42.1 Å². The molecular formula is C13H15FN2O. The molecule has 0 heterocycles. The molecule has 1 amide bonds. The Kier molecular flexibility index (Phi) is 4.46. The minimum Gasteiger partial charge on any atom is -0.398 e. The van der Waals surface area contributed by atoms with E-state index in [1.54, 1.807) is 25.2 Å². The van der Waals surface area contributed by atoms with Crippen LogP contribution >= 0.6 is 0 Å². The largest absolute Gasteiger partial charge is 0.398 e. The number of nitrogens with two attached hydrogens (primary N) is 1. The number of amides is 1. The van der Waals surface area contributed by atoms with Crippen LogP contribution in [-0.4, -0.2) is 5.91 Å². The molecule has 0 aliphatic rings. The van der Waals surface area contributed by atoms with Crippen LogP contribution in [0.4, 0.5) is 10.1 Å². The number of benzene rings is 1. The van der Waals surface area contributed by atoms with Crippen molar-refractivity contribution in [1.82, 2.24) is 5.32 Å². The first-order valence-corrected chi connectivity index (χ1v) is 5.24. The fourth-order valence-corrected chi connectivity index (χ4v) is 1.36. The quantitative estimate of drug-likeness (QED) is 0.624. The maximum absolute atomic E-state index is 13.5. The molecule has 0 unspecified atom stereocenters. The Hall–Kier alpha value is -2.10. The summed E-state index contributed by atoms with van der Waals surface area (Å²) in [7, 11) is 0. The van der Waals surface area contributed by atoms with Crippen molar-refractivity contribution in [2.75, 3.05) is 5.73 Å². The highest BCUT2D eigenvalue weighted by atomic mass is 19.1. The Balaban J connectivity index is 2.98. The first kappa shape index (κ1) is 13.0. The van der Waals surface area contributed by atoms with Gasteiger partial charge < -0.3 is 11.1 Å². The zero-order valence-corrected chi connectivity index (χ0v) is 9.83. The summed E-state index contributed by atoms with van der Waals surface area (Å²) in [4.78, 5) is 11.8. The van der Waals surface area contributed by atoms with Gasteiger partial charge in [0, 0.05) is 11.4 Å². The molecule has 3 nitrogen and oxygen atoms in total. The van der Waals surface area contributed by atoms with E-state index >= 15 is 0 Å². The lowest BCUT2D eigenvalue weighted by atomic mass is 10.1. The summed E-state index contributed by atoms with van der Waals surface area (Å²) < 4.78 is 13.5. The molecule has 4 heteroatoms. The summed E-state index contributed by atoms with van der Waals surface area (Å²) in [5.41, 5.74) is 6.17. The molecule has 90 valence electrons. The number of nitrogens with one attached hydrogen (secondary N) is 1. The number of allylic oxidation sites excluding steroid dienone is 3. The fourth-order valence-electron chi connectivity index (χ4n) is 1.36. The summed E-state index contributed by atoms with van der Waals surface area (Å²) in [5, 5.41) is 2.58. The van der Waals surface area contributed by atoms with Gasteiger partial charge in [-0.2, -0.15) is 0 Å². The first-order valence-electron chi connectivity index (χ1n) is 5.24. The zero-order valence-electron chi connectivity index (χ0n) is 9.83. The predicted molar refractivity (Wildman–Crippen MR) is 66.8 cm³/mol. The van der Waals surface area contributed by atoms with Crippen molar-refractivity contribution >= 4 is 11.6 Å². The molecule has 3 N–H and O–H groups in total. The molecule has 1 aromatic carbocycles. The minimum atomic E-state index is -0.626. The van der Waals surface area contributed by atoms with Gasteiger partial charge in [0.1, 0.15) is 5.82 Å². The van der Waals surface area contributed by atoms with E-state index in [4.69, 9.17) is 5.73 Å². The van der Waals surface area contributed by atoms with Gasteiger partial charge >= 0.3 is 0 Å². The lowest BCUT2D eigenvalue weighted by Crippen LogP contribution is -2.24. The number of carbonyl (C=O) groups is 1. The van der Waals surface area contributed by atoms with Gasteiger partial charge in [-0.25, -0.2) is 4.39 Å². The van der Waals surface area contributed by atoms with Crippen LogP contribution in [0.3, 0.4) is 0 Å². The molecule has 1 rings (SSSR count). The molecular weight excluding hydrogens is 219 g/mol. The molecule has 1 aromatic rings. The Labute approximate surface area is 99.8 Å². The third kappa shape index (κ3) is 3.17. The maximum atomic E-state index is 13.5. The van der Waals surface area contributed by atoms with E-state index in [0.29, 0.717) is 5.70 Å². The van der Waals surface area contributed by atoms with Crippen molar-refractivity contribution in [3.8, 4) is 0 Å². The van der Waals surface area contributed by atoms with Crippen molar-refractivity contribution in [2.45, 2.75) is 13.8 Å².